The second kappa shape index (κ2) is 6.19. The number of ether oxygens (including phenoxy) is 1. The van der Waals surface area contributed by atoms with Gasteiger partial charge in [-0.05, 0) is 45.4 Å². The van der Waals surface area contributed by atoms with Crippen LogP contribution in [-0.2, 0) is 15.3 Å². The summed E-state index contributed by atoms with van der Waals surface area (Å²) in [5.41, 5.74) is 0.789. The number of fused-ring (bicyclic) bond motifs is 1. The van der Waals surface area contributed by atoms with Gasteiger partial charge < -0.3 is 9.57 Å². The van der Waals surface area contributed by atoms with E-state index in [4.69, 9.17) is 9.57 Å². The Balaban J connectivity index is 1.98. The summed E-state index contributed by atoms with van der Waals surface area (Å²) < 4.78 is 5.32. The molecule has 1 N–H and O–H groups in total. The van der Waals surface area contributed by atoms with E-state index in [1.807, 2.05) is 59.7 Å². The number of carbonyl (C=O) groups excluding carboxylic acids is 1. The Kier molecular flexibility index (Phi) is 4.14. The van der Waals surface area contributed by atoms with Gasteiger partial charge in [-0.25, -0.2) is 0 Å². The molecule has 1 saturated heterocycles. The van der Waals surface area contributed by atoms with Gasteiger partial charge in [0.2, 0.25) is 0 Å². The molecule has 0 saturated carbocycles. The van der Waals surface area contributed by atoms with Gasteiger partial charge in [-0.15, -0.1) is 5.06 Å². The molecule has 146 valence electrons. The number of nitrogens with one attached hydrogen (secondary N) is 1. The Labute approximate surface area is 165 Å². The van der Waals surface area contributed by atoms with E-state index in [9.17, 15) is 4.79 Å². The molecule has 1 fully saturated rings. The Morgan fingerprint density at radius 1 is 1.00 bits per heavy atom. The van der Waals surface area contributed by atoms with E-state index < -0.39 is 11.2 Å². The van der Waals surface area contributed by atoms with Crippen LogP contribution in [0.25, 0.3) is 5.76 Å². The largest absolute Gasteiger partial charge is 0.497 e. The third-order valence-electron chi connectivity index (χ3n) is 6.31. The normalized spacial score (nSPS) is 25.3. The van der Waals surface area contributed by atoms with Gasteiger partial charge in [-0.3, -0.25) is 10.1 Å². The first-order chi connectivity index (χ1) is 13.3. The van der Waals surface area contributed by atoms with Crippen molar-refractivity contribution in [2.45, 2.75) is 44.4 Å². The van der Waals surface area contributed by atoms with Crippen molar-refractivity contribution < 1.29 is 14.4 Å². The first kappa shape index (κ1) is 18.7. The first-order valence-electron chi connectivity index (χ1n) is 9.45. The van der Waals surface area contributed by atoms with Crippen molar-refractivity contribution in [3.05, 3.63) is 71.3 Å². The molecule has 2 aliphatic rings. The summed E-state index contributed by atoms with van der Waals surface area (Å²) in [4.78, 5) is 18.9. The lowest BCUT2D eigenvalue weighted by molar-refractivity contribution is -0.177. The van der Waals surface area contributed by atoms with E-state index in [2.05, 4.69) is 33.0 Å². The van der Waals surface area contributed by atoms with E-state index in [1.165, 1.54) is 0 Å². The zero-order valence-electron chi connectivity index (χ0n) is 16.9. The average Bonchev–Trinajstić information content (AvgIpc) is 3.10. The zero-order chi connectivity index (χ0) is 20.2. The van der Waals surface area contributed by atoms with E-state index in [0.717, 1.165) is 23.2 Å². The highest BCUT2D eigenvalue weighted by atomic mass is 16.7. The fourth-order valence-electron chi connectivity index (χ4n) is 4.11. The summed E-state index contributed by atoms with van der Waals surface area (Å²) in [6, 6.07) is 17.5. The average molecular weight is 378 g/mol. The van der Waals surface area contributed by atoms with Crippen LogP contribution in [0.5, 0.6) is 5.75 Å². The van der Waals surface area contributed by atoms with Crippen LogP contribution in [0.3, 0.4) is 0 Å². The van der Waals surface area contributed by atoms with Crippen LogP contribution in [0.2, 0.25) is 0 Å². The number of nitrogens with zero attached hydrogens (tertiary/aromatic N) is 1. The molecule has 0 aromatic heterocycles. The number of benzene rings is 2. The maximum absolute atomic E-state index is 12.4. The number of rotatable bonds is 4. The summed E-state index contributed by atoms with van der Waals surface area (Å²) in [6.07, 6.45) is 0.914. The zero-order valence-corrected chi connectivity index (χ0v) is 16.9. The lowest BCUT2D eigenvalue weighted by atomic mass is 9.84. The van der Waals surface area contributed by atoms with Gasteiger partial charge in [-0.2, -0.15) is 0 Å². The molecule has 0 spiro atoms. The minimum atomic E-state index is -0.883. The fraction of sp³-hybridized carbons (Fsp3) is 0.348. The van der Waals surface area contributed by atoms with Gasteiger partial charge in [0.05, 0.1) is 18.2 Å². The molecule has 0 aliphatic carbocycles. The van der Waals surface area contributed by atoms with Crippen molar-refractivity contribution in [3.8, 4) is 5.75 Å². The van der Waals surface area contributed by atoms with E-state index >= 15 is 0 Å². The molecule has 1 unspecified atom stereocenters. The summed E-state index contributed by atoms with van der Waals surface area (Å²) in [6.45, 7) is 8.51. The molecule has 5 nitrogen and oxygen atoms in total. The standard InChI is InChI=1S/C23H26N2O3/c1-21(2)22(3,4)25-23(24-21,17-11-13-18(27-5)14-12-17)19(15-26)20(28-25)16-9-7-6-8-10-16/h6-15,24H,1-5H3. The van der Waals surface area contributed by atoms with E-state index in [-0.39, 0.29) is 5.54 Å². The number of aldehydes is 1. The predicted octanol–water partition coefficient (Wildman–Crippen LogP) is 3.87. The molecule has 4 rings (SSSR count). The van der Waals surface area contributed by atoms with Crippen LogP contribution >= 0.6 is 0 Å². The number of hydrogen-bond acceptors (Lipinski definition) is 5. The minimum absolute atomic E-state index is 0.316. The van der Waals surface area contributed by atoms with Crippen LogP contribution < -0.4 is 10.1 Å². The molecule has 1 atom stereocenters. The summed E-state index contributed by atoms with van der Waals surface area (Å²) in [5.74, 6) is 1.35. The van der Waals surface area contributed by atoms with Crippen molar-refractivity contribution in [1.29, 1.82) is 0 Å². The summed E-state index contributed by atoms with van der Waals surface area (Å²) >= 11 is 0. The van der Waals surface area contributed by atoms with Crippen LogP contribution in [0, 0.1) is 0 Å². The number of methoxy groups -OCH3 is 1. The Morgan fingerprint density at radius 2 is 1.64 bits per heavy atom. The molecule has 2 aromatic carbocycles. The van der Waals surface area contributed by atoms with E-state index in [1.54, 1.807) is 7.11 Å². The molecular formula is C23H26N2O3. The van der Waals surface area contributed by atoms with Gasteiger partial charge in [-0.1, -0.05) is 42.5 Å². The summed E-state index contributed by atoms with van der Waals surface area (Å²) in [5, 5.41) is 5.66. The lowest BCUT2D eigenvalue weighted by Gasteiger charge is -2.39. The van der Waals surface area contributed by atoms with Crippen molar-refractivity contribution in [1.82, 2.24) is 10.4 Å². The van der Waals surface area contributed by atoms with Gasteiger partial charge in [0.15, 0.2) is 17.7 Å². The molecule has 5 heteroatoms. The van der Waals surface area contributed by atoms with Crippen LogP contribution in [0.1, 0.15) is 38.8 Å². The third kappa shape index (κ3) is 2.36. The Hall–Kier alpha value is -2.63. The molecule has 2 aromatic rings. The predicted molar refractivity (Wildman–Crippen MR) is 108 cm³/mol. The van der Waals surface area contributed by atoms with E-state index in [0.29, 0.717) is 11.3 Å². The van der Waals surface area contributed by atoms with Crippen LogP contribution in [0.4, 0.5) is 0 Å². The number of hydroxylamine groups is 2. The molecule has 2 aliphatic heterocycles. The quantitative estimate of drug-likeness (QED) is 0.819. The van der Waals surface area contributed by atoms with Crippen molar-refractivity contribution >= 4 is 12.0 Å². The molecular weight excluding hydrogens is 352 g/mol. The first-order valence-corrected chi connectivity index (χ1v) is 9.45. The van der Waals surface area contributed by atoms with Crippen LogP contribution in [0.15, 0.2) is 60.2 Å². The maximum atomic E-state index is 12.4. The van der Waals surface area contributed by atoms with Crippen molar-refractivity contribution in [2.75, 3.05) is 7.11 Å². The van der Waals surface area contributed by atoms with Gasteiger partial charge >= 0.3 is 0 Å². The Morgan fingerprint density at radius 3 is 2.21 bits per heavy atom. The van der Waals surface area contributed by atoms with Crippen molar-refractivity contribution in [3.63, 3.8) is 0 Å². The highest BCUT2D eigenvalue weighted by Gasteiger charge is 2.67. The fourth-order valence-corrected chi connectivity index (χ4v) is 4.11. The van der Waals surface area contributed by atoms with Crippen LogP contribution in [-0.4, -0.2) is 29.5 Å². The summed E-state index contributed by atoms with van der Waals surface area (Å²) in [7, 11) is 1.64. The SMILES string of the molecule is COc1ccc(C23NC(C)(C)C(C)(C)N2OC(c2ccccc2)=C3C=O)cc1. The van der Waals surface area contributed by atoms with Gasteiger partial charge in [0.1, 0.15) is 5.75 Å². The highest BCUT2D eigenvalue weighted by molar-refractivity contribution is 5.90. The molecule has 0 radical (unpaired) electrons. The minimum Gasteiger partial charge on any atom is -0.497 e. The number of hydrogen-bond donors (Lipinski definition) is 1. The Bertz CT molecular complexity index is 932. The third-order valence-corrected chi connectivity index (χ3v) is 6.31. The molecule has 0 amide bonds. The molecule has 2 heterocycles. The van der Waals surface area contributed by atoms with Crippen molar-refractivity contribution in [2.24, 2.45) is 0 Å². The molecule has 28 heavy (non-hydrogen) atoms. The second-order valence-corrected chi connectivity index (χ2v) is 8.36. The lowest BCUT2D eigenvalue weighted by Crippen LogP contribution is -2.52. The topological polar surface area (TPSA) is 50.8 Å². The number of carbonyl (C=O) groups is 1. The highest BCUT2D eigenvalue weighted by Crippen LogP contribution is 2.55. The van der Waals surface area contributed by atoms with Gasteiger partial charge in [0, 0.05) is 11.1 Å². The molecule has 0 bridgehead atoms. The maximum Gasteiger partial charge on any atom is 0.165 e. The smallest absolute Gasteiger partial charge is 0.165 e. The second-order valence-electron chi connectivity index (χ2n) is 8.36. The monoisotopic (exact) mass is 378 g/mol. The van der Waals surface area contributed by atoms with Gasteiger partial charge in [0.25, 0.3) is 0 Å².